The van der Waals surface area contributed by atoms with E-state index in [1.165, 1.54) is 10.9 Å². The molecule has 0 radical (unpaired) electrons. The minimum atomic E-state index is 0.104. The van der Waals surface area contributed by atoms with E-state index >= 15 is 0 Å². The van der Waals surface area contributed by atoms with Crippen molar-refractivity contribution in [1.82, 2.24) is 4.98 Å². The predicted molar refractivity (Wildman–Crippen MR) is 85.8 cm³/mol. The first-order valence-corrected chi connectivity index (χ1v) is 6.71. The van der Waals surface area contributed by atoms with Crippen LogP contribution in [-0.2, 0) is 0 Å². The van der Waals surface area contributed by atoms with Gasteiger partial charge in [0, 0.05) is 6.20 Å². The summed E-state index contributed by atoms with van der Waals surface area (Å²) in [6.07, 6.45) is 1.80. The zero-order valence-electron chi connectivity index (χ0n) is 11.1. The fourth-order valence-corrected chi connectivity index (χ4v) is 2.25. The average molecular weight is 258 g/mol. The monoisotopic (exact) mass is 258 g/mol. The molecule has 1 N–H and O–H groups in total. The third kappa shape index (κ3) is 2.89. The zero-order chi connectivity index (χ0) is 13.6. The highest BCUT2D eigenvalue weighted by Gasteiger charge is 2.19. The fourth-order valence-electron chi connectivity index (χ4n) is 2.25. The molecule has 3 heteroatoms. The molecule has 96 valence electrons. The van der Waals surface area contributed by atoms with Crippen LogP contribution in [0, 0.1) is 0 Å². The van der Waals surface area contributed by atoms with Gasteiger partial charge < -0.3 is 5.23 Å². The number of anilines is 1. The van der Waals surface area contributed by atoms with Gasteiger partial charge in [0.25, 0.3) is 0 Å². The van der Waals surface area contributed by atoms with Crippen molar-refractivity contribution in [1.29, 1.82) is 0 Å². The van der Waals surface area contributed by atoms with Crippen molar-refractivity contribution >= 4 is 23.6 Å². The number of rotatable bonds is 4. The smallest absolute Gasteiger partial charge is 0.322 e. The summed E-state index contributed by atoms with van der Waals surface area (Å²) in [6.45, 7) is 0.104. The molecule has 0 amide bonds. The minimum absolute atomic E-state index is 0.104. The van der Waals surface area contributed by atoms with Crippen LogP contribution in [-0.4, -0.2) is 11.8 Å². The Labute approximate surface area is 119 Å². The molecule has 0 fully saturated rings. The molecule has 0 saturated carbocycles. The second-order valence-corrected chi connectivity index (χ2v) is 4.61. The van der Waals surface area contributed by atoms with E-state index in [1.807, 2.05) is 30.3 Å². The van der Waals surface area contributed by atoms with E-state index in [1.54, 1.807) is 6.20 Å². The van der Waals surface area contributed by atoms with Crippen LogP contribution in [0.1, 0.15) is 0 Å². The number of aromatic nitrogens is 1. The van der Waals surface area contributed by atoms with Gasteiger partial charge in [-0.25, -0.2) is 4.98 Å². The van der Waals surface area contributed by atoms with Gasteiger partial charge in [-0.05, 0) is 12.1 Å². The van der Waals surface area contributed by atoms with Gasteiger partial charge in [0.15, 0.2) is 0 Å². The van der Waals surface area contributed by atoms with E-state index in [0.29, 0.717) is 0 Å². The highest BCUT2D eigenvalue weighted by molar-refractivity contribution is 6.87. The van der Waals surface area contributed by atoms with E-state index in [0.717, 1.165) is 5.82 Å². The van der Waals surface area contributed by atoms with Crippen LogP contribution in [0.25, 0.3) is 0 Å². The molecule has 1 aromatic heterocycles. The van der Waals surface area contributed by atoms with Crippen molar-refractivity contribution in [3.8, 4) is 0 Å². The Balaban J connectivity index is 1.96. The van der Waals surface area contributed by atoms with Crippen LogP contribution < -0.4 is 16.2 Å². The van der Waals surface area contributed by atoms with Crippen molar-refractivity contribution < 1.29 is 0 Å². The van der Waals surface area contributed by atoms with E-state index in [9.17, 15) is 0 Å². The third-order valence-corrected chi connectivity index (χ3v) is 3.22. The molecule has 1 heterocycles. The van der Waals surface area contributed by atoms with Gasteiger partial charge in [-0.15, -0.1) is 0 Å². The van der Waals surface area contributed by atoms with Crippen LogP contribution in [0.2, 0.25) is 0 Å². The van der Waals surface area contributed by atoms with Crippen LogP contribution in [0.5, 0.6) is 0 Å². The van der Waals surface area contributed by atoms with E-state index in [4.69, 9.17) is 0 Å². The van der Waals surface area contributed by atoms with Crippen LogP contribution in [0.3, 0.4) is 0 Å². The van der Waals surface area contributed by atoms with Crippen molar-refractivity contribution in [2.24, 2.45) is 0 Å². The van der Waals surface area contributed by atoms with Gasteiger partial charge in [-0.3, -0.25) is 0 Å². The van der Waals surface area contributed by atoms with E-state index in [-0.39, 0.29) is 6.85 Å². The van der Waals surface area contributed by atoms with Gasteiger partial charge in [-0.1, -0.05) is 77.7 Å². The molecule has 3 rings (SSSR count). The van der Waals surface area contributed by atoms with Gasteiger partial charge in [0.05, 0.1) is 0 Å². The molecule has 20 heavy (non-hydrogen) atoms. The molecule has 2 nitrogen and oxygen atoms in total. The van der Waals surface area contributed by atoms with Gasteiger partial charge in [0.2, 0.25) is 0 Å². The van der Waals surface area contributed by atoms with Crippen molar-refractivity contribution in [2.45, 2.75) is 0 Å². The number of nitrogens with one attached hydrogen (secondary N) is 1. The standard InChI is InChI=1S/C17H15BN2/c1-3-9-15(10-4-1)18(16-11-5-2-6-12-16)20-17-13-7-8-14-19-17/h1-14H,(H,19,20). The molecule has 0 aliphatic carbocycles. The molecule has 2 aromatic carbocycles. The van der Waals surface area contributed by atoms with Gasteiger partial charge in [-0.2, -0.15) is 0 Å². The van der Waals surface area contributed by atoms with Gasteiger partial charge >= 0.3 is 6.85 Å². The summed E-state index contributed by atoms with van der Waals surface area (Å²) in [6, 6.07) is 26.7. The Morgan fingerprint density at radius 1 is 0.650 bits per heavy atom. The lowest BCUT2D eigenvalue weighted by molar-refractivity contribution is 1.33. The molecule has 0 spiro atoms. The minimum Gasteiger partial charge on any atom is -0.405 e. The first-order chi connectivity index (χ1) is 9.93. The predicted octanol–water partition coefficient (Wildman–Crippen LogP) is 2.30. The highest BCUT2D eigenvalue weighted by Crippen LogP contribution is 2.02. The molecule has 0 saturated heterocycles. The summed E-state index contributed by atoms with van der Waals surface area (Å²) in [5, 5.41) is 3.50. The summed E-state index contributed by atoms with van der Waals surface area (Å²) in [5.74, 6) is 0.880. The lowest BCUT2D eigenvalue weighted by Crippen LogP contribution is -2.49. The molecule has 0 atom stereocenters. The normalized spacial score (nSPS) is 10.0. The van der Waals surface area contributed by atoms with Crippen molar-refractivity contribution in [2.75, 3.05) is 5.23 Å². The Kier molecular flexibility index (Phi) is 3.79. The second-order valence-electron chi connectivity index (χ2n) is 4.61. The SMILES string of the molecule is c1ccc(B(Nc2ccccn2)c2ccccc2)cc1. The zero-order valence-corrected chi connectivity index (χ0v) is 11.1. The Hall–Kier alpha value is -2.55. The Morgan fingerprint density at radius 2 is 1.20 bits per heavy atom. The third-order valence-electron chi connectivity index (χ3n) is 3.22. The number of benzene rings is 2. The molecular weight excluding hydrogens is 243 g/mol. The van der Waals surface area contributed by atoms with Crippen molar-refractivity contribution in [3.05, 3.63) is 85.1 Å². The maximum atomic E-state index is 4.36. The molecule has 0 aliphatic rings. The summed E-state index contributed by atoms with van der Waals surface area (Å²) in [4.78, 5) is 4.36. The Morgan fingerprint density at radius 3 is 1.70 bits per heavy atom. The summed E-state index contributed by atoms with van der Waals surface area (Å²) in [7, 11) is 0. The van der Waals surface area contributed by atoms with Crippen LogP contribution in [0.4, 0.5) is 5.82 Å². The lowest BCUT2D eigenvalue weighted by Gasteiger charge is -2.16. The lowest BCUT2D eigenvalue weighted by atomic mass is 9.51. The summed E-state index contributed by atoms with van der Waals surface area (Å²) in [5.41, 5.74) is 2.45. The quantitative estimate of drug-likeness (QED) is 0.726. The fraction of sp³-hybridized carbons (Fsp3) is 0. The Bertz CT molecular complexity index is 602. The first kappa shape index (κ1) is 12.5. The summed E-state index contributed by atoms with van der Waals surface area (Å²) < 4.78 is 0. The van der Waals surface area contributed by atoms with Crippen LogP contribution >= 0.6 is 0 Å². The number of nitrogens with zero attached hydrogens (tertiary/aromatic N) is 1. The summed E-state index contributed by atoms with van der Waals surface area (Å²) >= 11 is 0. The van der Waals surface area contributed by atoms with E-state index < -0.39 is 0 Å². The second kappa shape index (κ2) is 6.07. The average Bonchev–Trinajstić information content (AvgIpc) is 2.55. The number of pyridine rings is 1. The molecule has 0 unspecified atom stereocenters. The maximum Gasteiger partial charge on any atom is 0.322 e. The molecule has 3 aromatic rings. The number of hydrogen-bond acceptors (Lipinski definition) is 2. The first-order valence-electron chi connectivity index (χ1n) is 6.71. The topological polar surface area (TPSA) is 24.9 Å². The molecular formula is C17H15BN2. The molecule has 0 bridgehead atoms. The van der Waals surface area contributed by atoms with E-state index in [2.05, 4.69) is 58.7 Å². The molecule has 0 aliphatic heterocycles. The largest absolute Gasteiger partial charge is 0.405 e. The highest BCUT2D eigenvalue weighted by atomic mass is 14.9. The maximum absolute atomic E-state index is 4.36. The van der Waals surface area contributed by atoms with Crippen molar-refractivity contribution in [3.63, 3.8) is 0 Å². The van der Waals surface area contributed by atoms with Gasteiger partial charge in [0.1, 0.15) is 5.82 Å². The number of hydrogen-bond donors (Lipinski definition) is 1. The van der Waals surface area contributed by atoms with Crippen LogP contribution in [0.15, 0.2) is 85.1 Å².